The molecular formula is C20H27NO. The maximum atomic E-state index is 12.3. The molecule has 0 heterocycles. The Morgan fingerprint density at radius 2 is 1.59 bits per heavy atom. The molecule has 4 aliphatic carbocycles. The molecule has 1 amide bonds. The Morgan fingerprint density at radius 3 is 2.23 bits per heavy atom. The van der Waals surface area contributed by atoms with E-state index in [-0.39, 0.29) is 5.91 Å². The van der Waals surface area contributed by atoms with Gasteiger partial charge in [-0.25, -0.2) is 0 Å². The van der Waals surface area contributed by atoms with E-state index in [2.05, 4.69) is 29.6 Å². The number of benzene rings is 1. The second kappa shape index (κ2) is 6.06. The Labute approximate surface area is 133 Å². The van der Waals surface area contributed by atoms with Crippen LogP contribution in [0.4, 0.5) is 0 Å². The van der Waals surface area contributed by atoms with Gasteiger partial charge in [-0.3, -0.25) is 4.79 Å². The minimum absolute atomic E-state index is 0.286. The number of amides is 1. The van der Waals surface area contributed by atoms with E-state index in [9.17, 15) is 4.79 Å². The van der Waals surface area contributed by atoms with E-state index in [0.717, 1.165) is 36.5 Å². The standard InChI is InChI=1S/C20H27NO/c22-19(8-4-7-14-5-2-1-3-6-14)21-20-17-10-15-9-16(12-17)13-18(20)11-15/h1-3,5-6,15-18,20H,4,7-13H2,(H,21,22). The number of hydrogen-bond acceptors (Lipinski definition) is 1. The molecule has 0 atom stereocenters. The van der Waals surface area contributed by atoms with E-state index in [1.807, 2.05) is 6.07 Å². The molecule has 22 heavy (non-hydrogen) atoms. The van der Waals surface area contributed by atoms with Gasteiger partial charge in [0.25, 0.3) is 0 Å². The lowest BCUT2D eigenvalue weighted by molar-refractivity contribution is -0.125. The lowest BCUT2D eigenvalue weighted by atomic mass is 9.54. The molecule has 0 spiro atoms. The lowest BCUT2D eigenvalue weighted by Crippen LogP contribution is -2.55. The Bertz CT molecular complexity index is 496. The van der Waals surface area contributed by atoms with Gasteiger partial charge in [0.2, 0.25) is 5.91 Å². The summed E-state index contributed by atoms with van der Waals surface area (Å²) in [6, 6.07) is 11.0. The molecule has 118 valence electrons. The first-order valence-electron chi connectivity index (χ1n) is 9.11. The SMILES string of the molecule is O=C(CCCc1ccccc1)NC1C2CC3CC(C2)CC1C3. The van der Waals surface area contributed by atoms with E-state index in [0.29, 0.717) is 12.5 Å². The molecule has 0 aliphatic heterocycles. The normalized spacial score (nSPS) is 35.5. The first-order chi connectivity index (χ1) is 10.8. The van der Waals surface area contributed by atoms with Gasteiger partial charge in [0.05, 0.1) is 0 Å². The number of hydrogen-bond donors (Lipinski definition) is 1. The zero-order valence-corrected chi connectivity index (χ0v) is 13.3. The fourth-order valence-electron chi connectivity index (χ4n) is 5.52. The van der Waals surface area contributed by atoms with Gasteiger partial charge in [-0.1, -0.05) is 30.3 Å². The first kappa shape index (κ1) is 14.3. The van der Waals surface area contributed by atoms with Crippen LogP contribution in [0.5, 0.6) is 0 Å². The van der Waals surface area contributed by atoms with Crippen molar-refractivity contribution in [3.8, 4) is 0 Å². The molecule has 4 fully saturated rings. The van der Waals surface area contributed by atoms with Crippen molar-refractivity contribution in [3.05, 3.63) is 35.9 Å². The smallest absolute Gasteiger partial charge is 0.220 e. The molecule has 5 rings (SSSR count). The predicted molar refractivity (Wildman–Crippen MR) is 88.4 cm³/mol. The molecule has 0 saturated heterocycles. The minimum atomic E-state index is 0.286. The van der Waals surface area contributed by atoms with E-state index < -0.39 is 0 Å². The predicted octanol–water partition coefficient (Wildman–Crippen LogP) is 3.95. The second-order valence-corrected chi connectivity index (χ2v) is 7.86. The highest BCUT2D eigenvalue weighted by atomic mass is 16.1. The zero-order chi connectivity index (χ0) is 14.9. The molecule has 1 aromatic carbocycles. The van der Waals surface area contributed by atoms with Crippen LogP contribution in [-0.4, -0.2) is 11.9 Å². The van der Waals surface area contributed by atoms with E-state index in [1.165, 1.54) is 37.7 Å². The highest BCUT2D eigenvalue weighted by molar-refractivity contribution is 5.76. The van der Waals surface area contributed by atoms with Crippen molar-refractivity contribution in [1.82, 2.24) is 5.32 Å². The average molecular weight is 297 g/mol. The van der Waals surface area contributed by atoms with Crippen molar-refractivity contribution in [2.45, 2.75) is 57.4 Å². The van der Waals surface area contributed by atoms with Gasteiger partial charge in [-0.2, -0.15) is 0 Å². The van der Waals surface area contributed by atoms with Crippen molar-refractivity contribution in [2.75, 3.05) is 0 Å². The molecule has 1 N–H and O–H groups in total. The summed E-state index contributed by atoms with van der Waals surface area (Å²) in [5.41, 5.74) is 1.34. The van der Waals surface area contributed by atoms with Gasteiger partial charge in [0.15, 0.2) is 0 Å². The highest BCUT2D eigenvalue weighted by Gasteiger charge is 2.48. The number of carbonyl (C=O) groups is 1. The van der Waals surface area contributed by atoms with E-state index >= 15 is 0 Å². The quantitative estimate of drug-likeness (QED) is 0.876. The highest BCUT2D eigenvalue weighted by Crippen LogP contribution is 2.53. The van der Waals surface area contributed by atoms with Crippen molar-refractivity contribution in [1.29, 1.82) is 0 Å². The molecule has 0 aromatic heterocycles. The molecule has 0 unspecified atom stereocenters. The van der Waals surface area contributed by atoms with Crippen LogP contribution >= 0.6 is 0 Å². The van der Waals surface area contributed by atoms with Crippen LogP contribution < -0.4 is 5.32 Å². The lowest BCUT2D eigenvalue weighted by Gasteiger charge is -2.54. The van der Waals surface area contributed by atoms with Crippen molar-refractivity contribution < 1.29 is 4.79 Å². The van der Waals surface area contributed by atoms with Crippen LogP contribution in [0.2, 0.25) is 0 Å². The summed E-state index contributed by atoms with van der Waals surface area (Å²) in [6.07, 6.45) is 9.63. The van der Waals surface area contributed by atoms with Gasteiger partial charge < -0.3 is 5.32 Å². The molecule has 4 saturated carbocycles. The molecule has 4 aliphatic rings. The Hall–Kier alpha value is -1.31. The van der Waals surface area contributed by atoms with Crippen LogP contribution in [0.1, 0.15) is 50.5 Å². The van der Waals surface area contributed by atoms with Crippen molar-refractivity contribution in [2.24, 2.45) is 23.7 Å². The van der Waals surface area contributed by atoms with Crippen molar-refractivity contribution in [3.63, 3.8) is 0 Å². The van der Waals surface area contributed by atoms with Gasteiger partial charge in [-0.05, 0) is 74.2 Å². The molecule has 1 aromatic rings. The molecule has 2 nitrogen and oxygen atoms in total. The summed E-state index contributed by atoms with van der Waals surface area (Å²) < 4.78 is 0. The number of rotatable bonds is 5. The summed E-state index contributed by atoms with van der Waals surface area (Å²) in [6.45, 7) is 0. The zero-order valence-electron chi connectivity index (χ0n) is 13.3. The summed E-state index contributed by atoms with van der Waals surface area (Å²) >= 11 is 0. The fraction of sp³-hybridized carbons (Fsp3) is 0.650. The Kier molecular flexibility index (Phi) is 3.94. The molecular weight excluding hydrogens is 270 g/mol. The number of nitrogens with one attached hydrogen (secondary N) is 1. The van der Waals surface area contributed by atoms with Crippen LogP contribution in [0, 0.1) is 23.7 Å². The maximum Gasteiger partial charge on any atom is 0.220 e. The summed E-state index contributed by atoms with van der Waals surface area (Å²) in [4.78, 5) is 12.3. The van der Waals surface area contributed by atoms with Crippen LogP contribution in [-0.2, 0) is 11.2 Å². The summed E-state index contributed by atoms with van der Waals surface area (Å²) in [7, 11) is 0. The number of carbonyl (C=O) groups excluding carboxylic acids is 1. The van der Waals surface area contributed by atoms with Gasteiger partial charge in [0.1, 0.15) is 0 Å². The van der Waals surface area contributed by atoms with Crippen molar-refractivity contribution >= 4 is 5.91 Å². The third-order valence-corrected chi connectivity index (χ3v) is 6.27. The van der Waals surface area contributed by atoms with Crippen LogP contribution in [0.25, 0.3) is 0 Å². The molecule has 0 radical (unpaired) electrons. The topological polar surface area (TPSA) is 29.1 Å². The first-order valence-corrected chi connectivity index (χ1v) is 9.11. The third-order valence-electron chi connectivity index (χ3n) is 6.27. The second-order valence-electron chi connectivity index (χ2n) is 7.86. The summed E-state index contributed by atoms with van der Waals surface area (Å²) in [5.74, 6) is 3.82. The fourth-order valence-corrected chi connectivity index (χ4v) is 5.52. The van der Waals surface area contributed by atoms with E-state index in [4.69, 9.17) is 0 Å². The van der Waals surface area contributed by atoms with E-state index in [1.54, 1.807) is 0 Å². The summed E-state index contributed by atoms with van der Waals surface area (Å²) in [5, 5.41) is 3.41. The van der Waals surface area contributed by atoms with Crippen LogP contribution in [0.3, 0.4) is 0 Å². The maximum absolute atomic E-state index is 12.3. The largest absolute Gasteiger partial charge is 0.353 e. The van der Waals surface area contributed by atoms with Gasteiger partial charge >= 0.3 is 0 Å². The average Bonchev–Trinajstić information content (AvgIpc) is 2.51. The number of aryl methyl sites for hydroxylation is 1. The Morgan fingerprint density at radius 1 is 0.955 bits per heavy atom. The van der Waals surface area contributed by atoms with Crippen LogP contribution in [0.15, 0.2) is 30.3 Å². The third kappa shape index (κ3) is 2.93. The Balaban J connectivity index is 1.26. The van der Waals surface area contributed by atoms with Gasteiger partial charge in [-0.15, -0.1) is 0 Å². The molecule has 2 heteroatoms. The molecule has 4 bridgehead atoms. The minimum Gasteiger partial charge on any atom is -0.353 e. The monoisotopic (exact) mass is 297 g/mol. The van der Waals surface area contributed by atoms with Gasteiger partial charge in [0, 0.05) is 12.5 Å².